The first-order valence-corrected chi connectivity index (χ1v) is 7.44. The molecule has 0 aromatic carbocycles. The van der Waals surface area contributed by atoms with Crippen LogP contribution in [0.2, 0.25) is 0 Å². The van der Waals surface area contributed by atoms with Crippen LogP contribution >= 0.6 is 0 Å². The number of rotatable bonds is 1. The van der Waals surface area contributed by atoms with Crippen molar-refractivity contribution in [1.29, 1.82) is 0 Å². The number of aliphatic hydroxyl groups excluding tert-OH is 1. The predicted octanol–water partition coefficient (Wildman–Crippen LogP) is 4.00. The second kappa shape index (κ2) is 4.41. The number of hydrogen-bond acceptors (Lipinski definition) is 1. The highest BCUT2D eigenvalue weighted by molar-refractivity contribution is 5.29. The molecule has 1 unspecified atom stereocenters. The standard InChI is InChI=1S/C16H25NO/c1-16(2)10-14-13(15(18)11-16)8-9-17(14)12-6-4-3-5-7-12/h8-9,12,15,18H,3-7,10-11H2,1-2H3. The Labute approximate surface area is 110 Å². The van der Waals surface area contributed by atoms with Crippen LogP contribution in [0.1, 0.15) is 75.8 Å². The molecule has 0 radical (unpaired) electrons. The van der Waals surface area contributed by atoms with Gasteiger partial charge in [-0.3, -0.25) is 0 Å². The van der Waals surface area contributed by atoms with Crippen molar-refractivity contribution in [2.45, 2.75) is 70.9 Å². The van der Waals surface area contributed by atoms with Gasteiger partial charge in [-0.05, 0) is 37.2 Å². The molecule has 0 saturated heterocycles. The van der Waals surface area contributed by atoms with Crippen molar-refractivity contribution < 1.29 is 5.11 Å². The van der Waals surface area contributed by atoms with E-state index in [-0.39, 0.29) is 11.5 Å². The lowest BCUT2D eigenvalue weighted by atomic mass is 9.75. The first kappa shape index (κ1) is 12.3. The third-order valence-electron chi connectivity index (χ3n) is 4.78. The van der Waals surface area contributed by atoms with Crippen LogP contribution in [0.4, 0.5) is 0 Å². The van der Waals surface area contributed by atoms with Crippen molar-refractivity contribution in [3.63, 3.8) is 0 Å². The quantitative estimate of drug-likeness (QED) is 0.797. The maximum absolute atomic E-state index is 10.3. The van der Waals surface area contributed by atoms with Gasteiger partial charge in [0.25, 0.3) is 0 Å². The smallest absolute Gasteiger partial charge is 0.0812 e. The zero-order valence-corrected chi connectivity index (χ0v) is 11.7. The van der Waals surface area contributed by atoms with Crippen LogP contribution in [0, 0.1) is 5.41 Å². The molecule has 3 rings (SSSR count). The number of aromatic nitrogens is 1. The highest BCUT2D eigenvalue weighted by Crippen LogP contribution is 2.43. The van der Waals surface area contributed by atoms with Crippen LogP contribution in [0.25, 0.3) is 0 Å². The van der Waals surface area contributed by atoms with Gasteiger partial charge in [0.15, 0.2) is 0 Å². The molecule has 1 atom stereocenters. The van der Waals surface area contributed by atoms with Gasteiger partial charge in [0.2, 0.25) is 0 Å². The molecular weight excluding hydrogens is 222 g/mol. The van der Waals surface area contributed by atoms with Gasteiger partial charge in [-0.2, -0.15) is 0 Å². The zero-order valence-electron chi connectivity index (χ0n) is 11.7. The zero-order chi connectivity index (χ0) is 12.8. The molecule has 0 amide bonds. The minimum Gasteiger partial charge on any atom is -0.388 e. The molecule has 1 heterocycles. The summed E-state index contributed by atoms with van der Waals surface area (Å²) in [5.74, 6) is 0. The lowest BCUT2D eigenvalue weighted by Crippen LogP contribution is -2.28. The fourth-order valence-corrected chi connectivity index (χ4v) is 3.85. The molecule has 1 saturated carbocycles. The van der Waals surface area contributed by atoms with E-state index in [1.807, 2.05) is 0 Å². The summed E-state index contributed by atoms with van der Waals surface area (Å²) in [6.07, 6.45) is 10.7. The van der Waals surface area contributed by atoms with Gasteiger partial charge in [0.05, 0.1) is 6.10 Å². The van der Waals surface area contributed by atoms with Crippen molar-refractivity contribution in [1.82, 2.24) is 4.57 Å². The first-order valence-electron chi connectivity index (χ1n) is 7.44. The van der Waals surface area contributed by atoms with E-state index >= 15 is 0 Å². The van der Waals surface area contributed by atoms with Crippen molar-refractivity contribution >= 4 is 0 Å². The second-order valence-corrected chi connectivity index (χ2v) is 6.98. The molecule has 100 valence electrons. The van der Waals surface area contributed by atoms with Crippen LogP contribution in [-0.2, 0) is 6.42 Å². The van der Waals surface area contributed by atoms with E-state index in [2.05, 4.69) is 30.7 Å². The average Bonchev–Trinajstić information content (AvgIpc) is 2.72. The van der Waals surface area contributed by atoms with Crippen LogP contribution in [0.3, 0.4) is 0 Å². The molecule has 2 aliphatic rings. The van der Waals surface area contributed by atoms with E-state index in [1.165, 1.54) is 43.4 Å². The fourth-order valence-electron chi connectivity index (χ4n) is 3.85. The van der Waals surface area contributed by atoms with Gasteiger partial charge < -0.3 is 9.67 Å². The second-order valence-electron chi connectivity index (χ2n) is 6.98. The molecular formula is C16H25NO. The Bertz CT molecular complexity index is 426. The highest BCUT2D eigenvalue weighted by atomic mass is 16.3. The number of hydrogen-bond donors (Lipinski definition) is 1. The van der Waals surface area contributed by atoms with E-state index in [1.54, 1.807) is 0 Å². The largest absolute Gasteiger partial charge is 0.388 e. The Morgan fingerprint density at radius 1 is 1.22 bits per heavy atom. The van der Waals surface area contributed by atoms with Gasteiger partial charge in [-0.15, -0.1) is 0 Å². The molecule has 1 aromatic heterocycles. The van der Waals surface area contributed by atoms with Crippen molar-refractivity contribution in [2.75, 3.05) is 0 Å². The Balaban J connectivity index is 1.93. The monoisotopic (exact) mass is 247 g/mol. The van der Waals surface area contributed by atoms with E-state index in [0.29, 0.717) is 6.04 Å². The average molecular weight is 247 g/mol. The maximum Gasteiger partial charge on any atom is 0.0812 e. The summed E-state index contributed by atoms with van der Waals surface area (Å²) >= 11 is 0. The van der Waals surface area contributed by atoms with Gasteiger partial charge in [-0.25, -0.2) is 0 Å². The Kier molecular flexibility index (Phi) is 3.01. The van der Waals surface area contributed by atoms with E-state index in [4.69, 9.17) is 0 Å². The van der Waals surface area contributed by atoms with Crippen LogP contribution in [0.15, 0.2) is 12.3 Å². The molecule has 1 N–H and O–H groups in total. The molecule has 1 aromatic rings. The van der Waals surface area contributed by atoms with Crippen molar-refractivity contribution in [3.05, 3.63) is 23.5 Å². The molecule has 0 bridgehead atoms. The lowest BCUT2D eigenvalue weighted by molar-refractivity contribution is 0.0970. The normalized spacial score (nSPS) is 28.1. The summed E-state index contributed by atoms with van der Waals surface area (Å²) in [6.45, 7) is 4.55. The summed E-state index contributed by atoms with van der Waals surface area (Å²) < 4.78 is 2.48. The molecule has 18 heavy (non-hydrogen) atoms. The van der Waals surface area contributed by atoms with Gasteiger partial charge in [0.1, 0.15) is 0 Å². The van der Waals surface area contributed by atoms with E-state index in [9.17, 15) is 5.11 Å². The lowest BCUT2D eigenvalue weighted by Gasteiger charge is -2.35. The molecule has 0 aliphatic heterocycles. The van der Waals surface area contributed by atoms with Crippen LogP contribution in [0.5, 0.6) is 0 Å². The minimum absolute atomic E-state index is 0.233. The molecule has 1 fully saturated rings. The third kappa shape index (κ3) is 2.11. The topological polar surface area (TPSA) is 25.2 Å². The van der Waals surface area contributed by atoms with Crippen molar-refractivity contribution in [2.24, 2.45) is 5.41 Å². The molecule has 0 spiro atoms. The van der Waals surface area contributed by atoms with Crippen molar-refractivity contribution in [3.8, 4) is 0 Å². The predicted molar refractivity (Wildman–Crippen MR) is 73.6 cm³/mol. The highest BCUT2D eigenvalue weighted by Gasteiger charge is 2.34. The minimum atomic E-state index is -0.256. The number of fused-ring (bicyclic) bond motifs is 1. The molecule has 2 aliphatic carbocycles. The summed E-state index contributed by atoms with van der Waals surface area (Å²) in [5.41, 5.74) is 2.84. The Morgan fingerprint density at radius 2 is 1.94 bits per heavy atom. The molecule has 2 heteroatoms. The van der Waals surface area contributed by atoms with Gasteiger partial charge >= 0.3 is 0 Å². The fraction of sp³-hybridized carbons (Fsp3) is 0.750. The van der Waals surface area contributed by atoms with E-state index < -0.39 is 0 Å². The maximum atomic E-state index is 10.3. The van der Waals surface area contributed by atoms with Crippen LogP contribution in [-0.4, -0.2) is 9.67 Å². The van der Waals surface area contributed by atoms with E-state index in [0.717, 1.165) is 12.8 Å². The Morgan fingerprint density at radius 3 is 2.67 bits per heavy atom. The summed E-state index contributed by atoms with van der Waals surface area (Å²) in [6, 6.07) is 2.84. The summed E-state index contributed by atoms with van der Waals surface area (Å²) in [5, 5.41) is 10.3. The number of nitrogens with zero attached hydrogens (tertiary/aromatic N) is 1. The summed E-state index contributed by atoms with van der Waals surface area (Å²) in [7, 11) is 0. The number of aliphatic hydroxyl groups is 1. The van der Waals surface area contributed by atoms with Crippen LogP contribution < -0.4 is 0 Å². The first-order chi connectivity index (χ1) is 8.57. The Hall–Kier alpha value is -0.760. The van der Waals surface area contributed by atoms with Gasteiger partial charge in [0, 0.05) is 23.5 Å². The molecule has 2 nitrogen and oxygen atoms in total. The summed E-state index contributed by atoms with van der Waals surface area (Å²) in [4.78, 5) is 0. The SMILES string of the molecule is CC1(C)Cc2c(ccn2C2CCCCC2)C(O)C1. The third-order valence-corrected chi connectivity index (χ3v) is 4.78. The van der Waals surface area contributed by atoms with Gasteiger partial charge in [-0.1, -0.05) is 33.1 Å².